The van der Waals surface area contributed by atoms with Crippen LogP contribution in [0.1, 0.15) is 77.7 Å². The van der Waals surface area contributed by atoms with Gasteiger partial charge in [0.25, 0.3) is 5.91 Å². The second kappa shape index (κ2) is 13.5. The van der Waals surface area contributed by atoms with Crippen molar-refractivity contribution in [3.63, 3.8) is 0 Å². The zero-order chi connectivity index (χ0) is 24.8. The van der Waals surface area contributed by atoms with Crippen LogP contribution in [0, 0.1) is 0 Å². The van der Waals surface area contributed by atoms with Gasteiger partial charge < -0.3 is 19.4 Å². The summed E-state index contributed by atoms with van der Waals surface area (Å²) in [5.74, 6) is 0.731. The molecule has 3 heterocycles. The maximum atomic E-state index is 13.0. The molecular weight excluding hydrogens is 540 g/mol. The van der Waals surface area contributed by atoms with Gasteiger partial charge in [-0.1, -0.05) is 64.1 Å². The Labute approximate surface area is 230 Å². The molecule has 4 rings (SSSR count). The summed E-state index contributed by atoms with van der Waals surface area (Å²) in [6.07, 6.45) is 8.73. The second-order valence-corrected chi connectivity index (χ2v) is 10.2. The van der Waals surface area contributed by atoms with Gasteiger partial charge in [0.2, 0.25) is 5.91 Å². The van der Waals surface area contributed by atoms with Crippen LogP contribution in [0.15, 0.2) is 22.5 Å². The van der Waals surface area contributed by atoms with E-state index in [0.717, 1.165) is 98.0 Å². The van der Waals surface area contributed by atoms with Crippen LogP contribution in [0.25, 0.3) is 5.70 Å². The third kappa shape index (κ3) is 6.28. The number of carbonyl (C=O) groups is 2. The number of nitrogens with zero attached hydrogens (tertiary/aromatic N) is 4. The monoisotopic (exact) mass is 578 g/mol. The zero-order valence-electron chi connectivity index (χ0n) is 21.8. The zero-order valence-corrected chi connectivity index (χ0v) is 24.3. The first-order valence-electron chi connectivity index (χ1n) is 13.1. The summed E-state index contributed by atoms with van der Waals surface area (Å²) in [4.78, 5) is 36.3. The van der Waals surface area contributed by atoms with Gasteiger partial charge in [-0.05, 0) is 25.0 Å². The van der Waals surface area contributed by atoms with Gasteiger partial charge in [-0.15, -0.1) is 17.0 Å². The molecule has 0 radical (unpaired) electrons. The van der Waals surface area contributed by atoms with E-state index in [0.29, 0.717) is 13.1 Å². The first kappa shape index (κ1) is 28.6. The number of ether oxygens (including phenoxy) is 1. The first-order valence-corrected chi connectivity index (χ1v) is 14.0. The fourth-order valence-electron chi connectivity index (χ4n) is 4.88. The Morgan fingerprint density at radius 2 is 1.86 bits per heavy atom. The smallest absolute Gasteiger partial charge is 0.265 e. The van der Waals surface area contributed by atoms with Gasteiger partial charge >= 0.3 is 0 Å². The van der Waals surface area contributed by atoms with Gasteiger partial charge in [-0.25, -0.2) is 0 Å². The standard InChI is InChI=1S/C27H38N4O3S.BrH/c1-4-6-8-10-13-29(20(3)32)21-16-22(24-19-35-27-28-12-15-31(24)27)26-23(17-21)30(25(33)18-34-26)14-11-9-7-5-2;/h16-17,19H,4-15,18H2,1-3H3;1H. The van der Waals surface area contributed by atoms with Gasteiger partial charge in [0.05, 0.1) is 17.9 Å². The minimum Gasteiger partial charge on any atom is -0.481 e. The molecule has 36 heavy (non-hydrogen) atoms. The van der Waals surface area contributed by atoms with Crippen LogP contribution >= 0.6 is 28.7 Å². The quantitative estimate of drug-likeness (QED) is 0.275. The molecule has 0 aromatic heterocycles. The second-order valence-electron chi connectivity index (χ2n) is 9.40. The van der Waals surface area contributed by atoms with Crippen molar-refractivity contribution < 1.29 is 14.3 Å². The molecule has 0 aliphatic carbocycles. The predicted molar refractivity (Wildman–Crippen MR) is 155 cm³/mol. The van der Waals surface area contributed by atoms with Crippen molar-refractivity contribution in [1.29, 1.82) is 0 Å². The molecule has 0 fully saturated rings. The lowest BCUT2D eigenvalue weighted by Crippen LogP contribution is -2.40. The van der Waals surface area contributed by atoms with Gasteiger partial charge in [0.1, 0.15) is 0 Å². The number of hydrogen-bond acceptors (Lipinski definition) is 6. The van der Waals surface area contributed by atoms with Crippen molar-refractivity contribution in [2.75, 3.05) is 42.6 Å². The molecule has 3 aliphatic heterocycles. The predicted octanol–water partition coefficient (Wildman–Crippen LogP) is 6.22. The van der Waals surface area contributed by atoms with Crippen molar-refractivity contribution in [1.82, 2.24) is 4.90 Å². The van der Waals surface area contributed by atoms with Gasteiger partial charge in [0, 0.05) is 43.2 Å². The fourth-order valence-corrected chi connectivity index (χ4v) is 5.84. The molecule has 0 bridgehead atoms. The highest BCUT2D eigenvalue weighted by atomic mass is 79.9. The van der Waals surface area contributed by atoms with E-state index < -0.39 is 0 Å². The average Bonchev–Trinajstić information content (AvgIpc) is 3.46. The van der Waals surface area contributed by atoms with Gasteiger partial charge in [-0.2, -0.15) is 0 Å². The Morgan fingerprint density at radius 3 is 2.58 bits per heavy atom. The van der Waals surface area contributed by atoms with Crippen LogP contribution in [0.5, 0.6) is 5.75 Å². The maximum Gasteiger partial charge on any atom is 0.265 e. The number of hydrogen-bond donors (Lipinski definition) is 0. The van der Waals surface area contributed by atoms with E-state index in [1.807, 2.05) is 15.9 Å². The molecule has 0 N–H and O–H groups in total. The number of amidine groups is 1. The van der Waals surface area contributed by atoms with Gasteiger partial charge in [0.15, 0.2) is 17.5 Å². The van der Waals surface area contributed by atoms with Crippen LogP contribution in [-0.4, -0.2) is 54.7 Å². The Bertz CT molecular complexity index is 1010. The maximum absolute atomic E-state index is 13.0. The van der Waals surface area contributed by atoms with Crippen molar-refractivity contribution >= 4 is 62.8 Å². The van der Waals surface area contributed by atoms with E-state index in [-0.39, 0.29) is 35.4 Å². The minimum atomic E-state index is -0.0207. The van der Waals surface area contributed by atoms with Crippen LogP contribution in [0.3, 0.4) is 0 Å². The summed E-state index contributed by atoms with van der Waals surface area (Å²) in [5.41, 5.74) is 3.58. The molecule has 0 atom stereocenters. The molecule has 0 spiro atoms. The molecular formula is C27H39BrN4O3S. The number of unbranched alkanes of at least 4 members (excludes halogenated alkanes) is 6. The largest absolute Gasteiger partial charge is 0.481 e. The van der Waals surface area contributed by atoms with Crippen LogP contribution in [0.2, 0.25) is 0 Å². The molecule has 0 saturated heterocycles. The molecule has 2 amide bonds. The number of amides is 2. The fraction of sp³-hybridized carbons (Fsp3) is 0.593. The van der Waals surface area contributed by atoms with Crippen molar-refractivity contribution in [2.24, 2.45) is 4.99 Å². The number of rotatable bonds is 12. The number of benzene rings is 1. The molecule has 3 aliphatic rings. The summed E-state index contributed by atoms with van der Waals surface area (Å²) in [6.45, 7) is 8.99. The lowest BCUT2D eigenvalue weighted by Gasteiger charge is -2.33. The molecule has 9 heteroatoms. The van der Waals surface area contributed by atoms with E-state index in [2.05, 4.69) is 35.2 Å². The van der Waals surface area contributed by atoms with Gasteiger partial charge in [-0.3, -0.25) is 14.6 Å². The summed E-state index contributed by atoms with van der Waals surface area (Å²) < 4.78 is 6.08. The lowest BCUT2D eigenvalue weighted by atomic mass is 10.0. The van der Waals surface area contributed by atoms with Crippen molar-refractivity contribution in [3.8, 4) is 5.75 Å². The molecule has 7 nitrogen and oxygen atoms in total. The topological polar surface area (TPSA) is 65.5 Å². The molecule has 1 aromatic carbocycles. The van der Waals surface area contributed by atoms with E-state index >= 15 is 0 Å². The molecule has 0 saturated carbocycles. The number of fused-ring (bicyclic) bond motifs is 2. The summed E-state index contributed by atoms with van der Waals surface area (Å²) in [7, 11) is 0. The summed E-state index contributed by atoms with van der Waals surface area (Å²) in [6, 6.07) is 4.05. The highest BCUT2D eigenvalue weighted by Gasteiger charge is 2.34. The molecule has 1 aromatic rings. The lowest BCUT2D eigenvalue weighted by molar-refractivity contribution is -0.121. The van der Waals surface area contributed by atoms with E-state index in [1.165, 1.54) is 0 Å². The summed E-state index contributed by atoms with van der Waals surface area (Å²) >= 11 is 1.62. The highest BCUT2D eigenvalue weighted by molar-refractivity contribution is 8.93. The van der Waals surface area contributed by atoms with E-state index in [1.54, 1.807) is 18.7 Å². The third-order valence-corrected chi connectivity index (χ3v) is 7.69. The Morgan fingerprint density at radius 1 is 1.11 bits per heavy atom. The molecule has 198 valence electrons. The van der Waals surface area contributed by atoms with Crippen molar-refractivity contribution in [2.45, 2.75) is 72.1 Å². The van der Waals surface area contributed by atoms with E-state index in [9.17, 15) is 9.59 Å². The normalized spacial score (nSPS) is 16.1. The average molecular weight is 580 g/mol. The number of anilines is 2. The minimum absolute atomic E-state index is 0. The third-order valence-electron chi connectivity index (χ3n) is 6.79. The van der Waals surface area contributed by atoms with Crippen molar-refractivity contribution in [3.05, 3.63) is 23.1 Å². The molecule has 0 unspecified atom stereocenters. The highest BCUT2D eigenvalue weighted by Crippen LogP contribution is 2.46. The number of aliphatic imine (C=N–C) groups is 1. The Balaban J connectivity index is 0.00000361. The number of thioether (sulfide) groups is 1. The summed E-state index contributed by atoms with van der Waals surface area (Å²) in [5, 5.41) is 3.12. The van der Waals surface area contributed by atoms with Crippen LogP contribution < -0.4 is 14.5 Å². The van der Waals surface area contributed by atoms with Crippen LogP contribution in [-0.2, 0) is 9.59 Å². The number of carbonyl (C=O) groups excluding carboxylic acids is 2. The van der Waals surface area contributed by atoms with E-state index in [4.69, 9.17) is 4.74 Å². The Hall–Kier alpha value is -2.00. The Kier molecular flexibility index (Phi) is 10.7. The first-order chi connectivity index (χ1) is 17.0. The SMILES string of the molecule is Br.CCCCCCN(C(C)=O)c1cc(C2=CSC3=NCCN23)c2c(c1)N(CCCCCC)C(=O)CO2. The number of halogens is 1. The van der Waals surface area contributed by atoms with Crippen LogP contribution in [0.4, 0.5) is 11.4 Å².